The maximum Gasteiger partial charge on any atom is 0.347 e. The fourth-order valence-electron chi connectivity index (χ4n) is 2.71. The molecule has 0 atom stereocenters. The van der Waals surface area contributed by atoms with Crippen LogP contribution in [0, 0.1) is 6.92 Å². The second-order valence-corrected chi connectivity index (χ2v) is 8.30. The maximum atomic E-state index is 12.5. The van der Waals surface area contributed by atoms with Crippen LogP contribution in [0.25, 0.3) is 28.3 Å². The second-order valence-electron chi connectivity index (χ2n) is 5.67. The summed E-state index contributed by atoms with van der Waals surface area (Å²) in [5, 5.41) is 0.441. The smallest absolute Gasteiger partial charge is 0.347 e. The van der Waals surface area contributed by atoms with E-state index in [1.807, 2.05) is 42.0 Å². The lowest BCUT2D eigenvalue weighted by Crippen LogP contribution is -2.06. The molecule has 0 radical (unpaired) electrons. The zero-order valence-corrected chi connectivity index (χ0v) is 18.1. The van der Waals surface area contributed by atoms with Crippen LogP contribution in [-0.4, -0.2) is 14.5 Å². The average Bonchev–Trinajstić information content (AvgIpc) is 2.97. The quantitative estimate of drug-likeness (QED) is 0.331. The number of aryl methyl sites for hydroxylation is 1. The van der Waals surface area contributed by atoms with Gasteiger partial charge in [-0.1, -0.05) is 0 Å². The lowest BCUT2D eigenvalue weighted by atomic mass is 10.2. The summed E-state index contributed by atoms with van der Waals surface area (Å²) in [7, 11) is 0. The summed E-state index contributed by atoms with van der Waals surface area (Å²) in [6.07, 6.45) is 3.54. The topological polar surface area (TPSA) is 60.9 Å². The van der Waals surface area contributed by atoms with Crippen molar-refractivity contribution in [1.29, 1.82) is 0 Å². The van der Waals surface area contributed by atoms with Crippen LogP contribution in [-0.2, 0) is 0 Å². The molecule has 4 rings (SSSR count). The van der Waals surface area contributed by atoms with Crippen molar-refractivity contribution in [3.63, 3.8) is 0 Å². The molecule has 1 aromatic carbocycles. The van der Waals surface area contributed by atoms with E-state index >= 15 is 0 Å². The highest BCUT2D eigenvalue weighted by Gasteiger charge is 2.18. The summed E-state index contributed by atoms with van der Waals surface area (Å²) in [5.41, 5.74) is 1.70. The molecule has 0 spiro atoms. The summed E-state index contributed by atoms with van der Waals surface area (Å²) in [4.78, 5) is 21.5. The van der Waals surface area contributed by atoms with Crippen molar-refractivity contribution in [1.82, 2.24) is 14.5 Å². The number of aromatic nitrogens is 3. The van der Waals surface area contributed by atoms with Crippen LogP contribution in [0.2, 0.25) is 0 Å². The minimum Gasteiger partial charge on any atom is -0.401 e. The molecular formula is C18H10Br3N3O2. The fourth-order valence-corrected chi connectivity index (χ4v) is 4.24. The standard InChI is InChI=1S/C18H10Br3N3O2/c1-9-5-11-15(13(21)6-9)23-17(26-18(11)25)14-7-10(19)8-24(14)16-12(20)3-2-4-22-16/h2-8H,1H3. The molecule has 5 nitrogen and oxygen atoms in total. The Morgan fingerprint density at radius 3 is 2.69 bits per heavy atom. The van der Waals surface area contributed by atoms with Gasteiger partial charge in [0.1, 0.15) is 5.69 Å². The van der Waals surface area contributed by atoms with E-state index < -0.39 is 5.63 Å². The molecular weight excluding hydrogens is 530 g/mol. The van der Waals surface area contributed by atoms with E-state index in [1.165, 1.54) is 0 Å². The SMILES string of the molecule is Cc1cc(Br)c2nc(-c3cc(Br)cn3-c3ncccc3Br)oc(=O)c2c1. The van der Waals surface area contributed by atoms with E-state index in [9.17, 15) is 4.79 Å². The molecule has 3 aromatic heterocycles. The molecule has 0 saturated carbocycles. The van der Waals surface area contributed by atoms with Gasteiger partial charge in [0.15, 0.2) is 5.82 Å². The van der Waals surface area contributed by atoms with E-state index in [2.05, 4.69) is 57.8 Å². The number of rotatable bonds is 2. The summed E-state index contributed by atoms with van der Waals surface area (Å²) in [6.45, 7) is 1.92. The molecule has 4 aromatic rings. The monoisotopic (exact) mass is 537 g/mol. The van der Waals surface area contributed by atoms with Crippen LogP contribution < -0.4 is 5.63 Å². The largest absolute Gasteiger partial charge is 0.401 e. The Hall–Kier alpha value is -1.77. The number of hydrogen-bond donors (Lipinski definition) is 0. The number of halogens is 3. The normalized spacial score (nSPS) is 11.2. The van der Waals surface area contributed by atoms with Gasteiger partial charge in [0.2, 0.25) is 5.89 Å². The first kappa shape index (κ1) is 17.6. The molecule has 0 N–H and O–H groups in total. The van der Waals surface area contributed by atoms with E-state index in [0.29, 0.717) is 22.4 Å². The van der Waals surface area contributed by atoms with Gasteiger partial charge in [-0.15, -0.1) is 0 Å². The van der Waals surface area contributed by atoms with Crippen molar-refractivity contribution in [3.05, 3.63) is 72.1 Å². The molecule has 0 saturated heterocycles. The van der Waals surface area contributed by atoms with Crippen LogP contribution >= 0.6 is 47.8 Å². The van der Waals surface area contributed by atoms with Crippen LogP contribution in [0.1, 0.15) is 5.56 Å². The third-order valence-corrected chi connectivity index (χ3v) is 5.46. The van der Waals surface area contributed by atoms with Gasteiger partial charge in [-0.25, -0.2) is 14.8 Å². The van der Waals surface area contributed by atoms with Crippen LogP contribution in [0.3, 0.4) is 0 Å². The summed E-state index contributed by atoms with van der Waals surface area (Å²) >= 11 is 10.5. The average molecular weight is 540 g/mol. The lowest BCUT2D eigenvalue weighted by Gasteiger charge is -2.09. The third-order valence-electron chi connectivity index (χ3n) is 3.80. The molecule has 8 heteroatoms. The minimum absolute atomic E-state index is 0.218. The Bertz CT molecular complexity index is 1210. The van der Waals surface area contributed by atoms with Gasteiger partial charge in [0, 0.05) is 21.3 Å². The Morgan fingerprint density at radius 2 is 1.92 bits per heavy atom. The Balaban J connectivity index is 2.01. The highest BCUT2D eigenvalue weighted by atomic mass is 79.9. The van der Waals surface area contributed by atoms with Gasteiger partial charge >= 0.3 is 5.63 Å². The summed E-state index contributed by atoms with van der Waals surface area (Å²) in [6, 6.07) is 9.25. The third kappa shape index (κ3) is 3.06. The molecule has 3 heterocycles. The fraction of sp³-hybridized carbons (Fsp3) is 0.0556. The molecule has 0 bridgehead atoms. The lowest BCUT2D eigenvalue weighted by molar-refractivity contribution is 0.514. The maximum absolute atomic E-state index is 12.5. The predicted molar refractivity (Wildman–Crippen MR) is 111 cm³/mol. The van der Waals surface area contributed by atoms with Crippen LogP contribution in [0.5, 0.6) is 0 Å². The van der Waals surface area contributed by atoms with Gasteiger partial charge in [-0.3, -0.25) is 4.57 Å². The molecule has 0 aliphatic rings. The van der Waals surface area contributed by atoms with E-state index in [-0.39, 0.29) is 5.89 Å². The first-order valence-electron chi connectivity index (χ1n) is 7.54. The summed E-state index contributed by atoms with van der Waals surface area (Å²) < 4.78 is 9.72. The highest BCUT2D eigenvalue weighted by Crippen LogP contribution is 2.31. The molecule has 130 valence electrons. The Morgan fingerprint density at radius 1 is 1.12 bits per heavy atom. The molecule has 0 amide bonds. The Labute approximate surface area is 173 Å². The molecule has 0 unspecified atom stereocenters. The van der Waals surface area contributed by atoms with Gasteiger partial charge in [-0.05, 0) is 90.6 Å². The molecule has 0 fully saturated rings. The number of pyridine rings is 1. The van der Waals surface area contributed by atoms with E-state index in [1.54, 1.807) is 12.3 Å². The van der Waals surface area contributed by atoms with E-state index in [4.69, 9.17) is 4.42 Å². The number of benzene rings is 1. The highest BCUT2D eigenvalue weighted by molar-refractivity contribution is 9.11. The molecule has 0 aliphatic heterocycles. The summed E-state index contributed by atoms with van der Waals surface area (Å²) in [5.74, 6) is 0.885. The Kier molecular flexibility index (Phi) is 4.58. The van der Waals surface area contributed by atoms with Crippen molar-refractivity contribution in [2.45, 2.75) is 6.92 Å². The predicted octanol–water partition coefficient (Wildman–Crippen LogP) is 5.64. The van der Waals surface area contributed by atoms with E-state index in [0.717, 1.165) is 19.0 Å². The van der Waals surface area contributed by atoms with Crippen molar-refractivity contribution in [2.24, 2.45) is 0 Å². The van der Waals surface area contributed by atoms with Crippen molar-refractivity contribution in [2.75, 3.05) is 0 Å². The zero-order valence-electron chi connectivity index (χ0n) is 13.3. The number of hydrogen-bond acceptors (Lipinski definition) is 4. The second kappa shape index (κ2) is 6.75. The zero-order chi connectivity index (χ0) is 18.4. The van der Waals surface area contributed by atoms with Crippen molar-refractivity contribution >= 4 is 58.7 Å². The van der Waals surface area contributed by atoms with Crippen LogP contribution in [0.15, 0.2) is 65.4 Å². The van der Waals surface area contributed by atoms with Crippen molar-refractivity contribution < 1.29 is 4.42 Å². The van der Waals surface area contributed by atoms with Gasteiger partial charge in [-0.2, -0.15) is 0 Å². The number of nitrogens with zero attached hydrogens (tertiary/aromatic N) is 3. The minimum atomic E-state index is -0.432. The molecule has 0 aliphatic carbocycles. The van der Waals surface area contributed by atoms with Gasteiger partial charge in [0.25, 0.3) is 0 Å². The first-order chi connectivity index (χ1) is 12.4. The van der Waals surface area contributed by atoms with Gasteiger partial charge < -0.3 is 4.42 Å². The first-order valence-corrected chi connectivity index (χ1v) is 9.92. The molecule has 26 heavy (non-hydrogen) atoms. The van der Waals surface area contributed by atoms with Crippen LogP contribution in [0.4, 0.5) is 0 Å². The van der Waals surface area contributed by atoms with Crippen molar-refractivity contribution in [3.8, 4) is 17.4 Å². The number of fused-ring (bicyclic) bond motifs is 1. The van der Waals surface area contributed by atoms with Gasteiger partial charge in [0.05, 0.1) is 15.4 Å².